The number of nitrogens with zero attached hydrogens (tertiary/aromatic N) is 1. The molecule has 1 aliphatic rings. The number of carbonyl (C=O) groups is 1. The van der Waals surface area contributed by atoms with Gasteiger partial charge in [0.2, 0.25) is 5.91 Å². The molecular formula is C15H23ClN2O3S2. The van der Waals surface area contributed by atoms with Crippen LogP contribution in [-0.2, 0) is 14.8 Å². The van der Waals surface area contributed by atoms with Crippen LogP contribution in [0.5, 0.6) is 0 Å². The summed E-state index contributed by atoms with van der Waals surface area (Å²) in [6.45, 7) is 4.93. The van der Waals surface area contributed by atoms with Crippen LogP contribution in [0, 0.1) is 5.92 Å². The van der Waals surface area contributed by atoms with Crippen LogP contribution in [0.4, 0.5) is 0 Å². The monoisotopic (exact) mass is 378 g/mol. The highest BCUT2D eigenvalue weighted by Gasteiger charge is 2.31. The van der Waals surface area contributed by atoms with Gasteiger partial charge in [0.05, 0.1) is 4.34 Å². The number of hydrogen-bond donors (Lipinski definition) is 1. The summed E-state index contributed by atoms with van der Waals surface area (Å²) in [5.41, 5.74) is 0. The Morgan fingerprint density at radius 1 is 1.43 bits per heavy atom. The predicted molar refractivity (Wildman–Crippen MR) is 93.3 cm³/mol. The summed E-state index contributed by atoms with van der Waals surface area (Å²) in [6, 6.07) is 3.34. The third-order valence-corrected chi connectivity index (χ3v) is 7.81. The Labute approximate surface area is 147 Å². The lowest BCUT2D eigenvalue weighted by Gasteiger charge is -2.30. The van der Waals surface area contributed by atoms with E-state index in [4.69, 9.17) is 11.6 Å². The Bertz CT molecular complexity index is 637. The summed E-state index contributed by atoms with van der Waals surface area (Å²) in [5, 5.41) is 2.96. The van der Waals surface area contributed by atoms with E-state index in [0.29, 0.717) is 36.7 Å². The van der Waals surface area contributed by atoms with Crippen LogP contribution < -0.4 is 5.32 Å². The van der Waals surface area contributed by atoms with E-state index in [1.165, 1.54) is 4.31 Å². The number of nitrogens with one attached hydrogen (secondary N) is 1. The average Bonchev–Trinajstić information content (AvgIpc) is 2.95. The Balaban J connectivity index is 1.87. The molecule has 0 bridgehead atoms. The number of halogens is 1. The topological polar surface area (TPSA) is 66.5 Å². The van der Waals surface area contributed by atoms with Gasteiger partial charge in [-0.1, -0.05) is 18.5 Å². The van der Waals surface area contributed by atoms with Crippen LogP contribution in [0.1, 0.15) is 39.5 Å². The molecule has 0 spiro atoms. The van der Waals surface area contributed by atoms with Crippen molar-refractivity contribution in [2.75, 3.05) is 13.1 Å². The molecule has 1 amide bonds. The molecule has 0 aliphatic carbocycles. The molecule has 0 aromatic carbocycles. The first-order chi connectivity index (χ1) is 10.8. The lowest BCUT2D eigenvalue weighted by atomic mass is 9.94. The van der Waals surface area contributed by atoms with E-state index in [2.05, 4.69) is 5.32 Å². The minimum atomic E-state index is -3.45. The fourth-order valence-corrected chi connectivity index (χ4v) is 5.72. The number of amides is 1. The molecule has 2 heterocycles. The third-order valence-electron chi connectivity index (χ3n) is 4.21. The fourth-order valence-electron chi connectivity index (χ4n) is 2.62. The molecule has 8 heteroatoms. The molecule has 0 unspecified atom stereocenters. The molecule has 0 saturated carbocycles. The molecule has 130 valence electrons. The number of hydrogen-bond acceptors (Lipinski definition) is 4. The van der Waals surface area contributed by atoms with Crippen molar-refractivity contribution in [2.24, 2.45) is 5.92 Å². The zero-order valence-electron chi connectivity index (χ0n) is 13.4. The van der Waals surface area contributed by atoms with Crippen LogP contribution in [0.3, 0.4) is 0 Å². The summed E-state index contributed by atoms with van der Waals surface area (Å²) in [5.74, 6) is 0.308. The van der Waals surface area contributed by atoms with Gasteiger partial charge in [0.1, 0.15) is 4.21 Å². The fraction of sp³-hybridized carbons (Fsp3) is 0.667. The number of sulfonamides is 1. The smallest absolute Gasteiger partial charge is 0.252 e. The van der Waals surface area contributed by atoms with E-state index in [9.17, 15) is 13.2 Å². The number of piperidine rings is 1. The van der Waals surface area contributed by atoms with Gasteiger partial charge in [0, 0.05) is 25.6 Å². The molecule has 1 aromatic heterocycles. The van der Waals surface area contributed by atoms with Gasteiger partial charge in [0.25, 0.3) is 10.0 Å². The van der Waals surface area contributed by atoms with Crippen molar-refractivity contribution in [1.29, 1.82) is 0 Å². The van der Waals surface area contributed by atoms with Crippen molar-refractivity contribution in [2.45, 2.75) is 49.8 Å². The van der Waals surface area contributed by atoms with E-state index in [1.807, 2.05) is 13.8 Å². The van der Waals surface area contributed by atoms with Gasteiger partial charge in [0.15, 0.2) is 0 Å². The van der Waals surface area contributed by atoms with Crippen molar-refractivity contribution in [3.63, 3.8) is 0 Å². The highest BCUT2D eigenvalue weighted by Crippen LogP contribution is 2.31. The minimum absolute atomic E-state index is 0.0608. The average molecular weight is 379 g/mol. The van der Waals surface area contributed by atoms with Gasteiger partial charge < -0.3 is 5.32 Å². The maximum absolute atomic E-state index is 12.5. The van der Waals surface area contributed by atoms with E-state index in [-0.39, 0.29) is 22.1 Å². The van der Waals surface area contributed by atoms with E-state index in [0.717, 1.165) is 17.8 Å². The molecule has 1 aliphatic heterocycles. The zero-order chi connectivity index (χ0) is 17.0. The van der Waals surface area contributed by atoms with E-state index < -0.39 is 10.0 Å². The second kappa shape index (κ2) is 7.96. The number of rotatable bonds is 6. The molecule has 23 heavy (non-hydrogen) atoms. The first kappa shape index (κ1) is 18.7. The predicted octanol–water partition coefficient (Wildman–Crippen LogP) is 3.11. The van der Waals surface area contributed by atoms with Gasteiger partial charge in [-0.3, -0.25) is 4.79 Å². The van der Waals surface area contributed by atoms with Crippen molar-refractivity contribution < 1.29 is 13.2 Å². The van der Waals surface area contributed by atoms with Gasteiger partial charge in [-0.15, -0.1) is 11.3 Å². The Hall–Kier alpha value is -0.630. The van der Waals surface area contributed by atoms with Crippen molar-refractivity contribution >= 4 is 38.9 Å². The maximum Gasteiger partial charge on any atom is 0.252 e. The highest BCUT2D eigenvalue weighted by atomic mass is 35.5. The van der Waals surface area contributed by atoms with Gasteiger partial charge in [-0.25, -0.2) is 8.42 Å². The van der Waals surface area contributed by atoms with E-state index in [1.54, 1.807) is 12.1 Å². The van der Waals surface area contributed by atoms with Crippen LogP contribution >= 0.6 is 22.9 Å². The molecule has 0 radical (unpaired) electrons. The molecule has 1 atom stereocenters. The largest absolute Gasteiger partial charge is 0.354 e. The maximum atomic E-state index is 12.5. The number of thiophene rings is 1. The van der Waals surface area contributed by atoms with Crippen LogP contribution in [-0.4, -0.2) is 37.8 Å². The Morgan fingerprint density at radius 3 is 2.61 bits per heavy atom. The molecule has 1 aromatic rings. The first-order valence-corrected chi connectivity index (χ1v) is 10.5. The molecule has 2 rings (SSSR count). The summed E-state index contributed by atoms with van der Waals surface area (Å²) < 4.78 is 27.3. The summed E-state index contributed by atoms with van der Waals surface area (Å²) >= 11 is 6.91. The molecule has 1 N–H and O–H groups in total. The first-order valence-electron chi connectivity index (χ1n) is 7.87. The number of carbonyl (C=O) groups excluding carboxylic acids is 1. The Morgan fingerprint density at radius 2 is 2.09 bits per heavy atom. The SMILES string of the molecule is CC[C@@H](C)NC(=O)CC1CCN(S(=O)(=O)c2ccc(Cl)s2)CC1. The standard InChI is InChI=1S/C15H23ClN2O3S2/c1-3-11(2)17-14(19)10-12-6-8-18(9-7-12)23(20,21)15-5-4-13(16)22-15/h4-5,11-12H,3,6-10H2,1-2H3,(H,17,19)/t11-/m1/s1. The van der Waals surface area contributed by atoms with Crippen molar-refractivity contribution in [3.8, 4) is 0 Å². The lowest BCUT2D eigenvalue weighted by Crippen LogP contribution is -2.40. The Kier molecular flexibility index (Phi) is 6.48. The summed E-state index contributed by atoms with van der Waals surface area (Å²) in [4.78, 5) is 11.9. The highest BCUT2D eigenvalue weighted by molar-refractivity contribution is 7.91. The second-order valence-electron chi connectivity index (χ2n) is 5.99. The summed E-state index contributed by atoms with van der Waals surface area (Å²) in [7, 11) is -3.45. The van der Waals surface area contributed by atoms with E-state index >= 15 is 0 Å². The molecular weight excluding hydrogens is 356 g/mol. The summed E-state index contributed by atoms with van der Waals surface area (Å²) in [6.07, 6.45) is 2.81. The molecule has 1 saturated heterocycles. The van der Waals surface area contributed by atoms with Gasteiger partial charge in [-0.05, 0) is 44.2 Å². The minimum Gasteiger partial charge on any atom is -0.354 e. The van der Waals surface area contributed by atoms with Crippen molar-refractivity contribution in [1.82, 2.24) is 9.62 Å². The van der Waals surface area contributed by atoms with Crippen molar-refractivity contribution in [3.05, 3.63) is 16.5 Å². The second-order valence-corrected chi connectivity index (χ2v) is 9.87. The van der Waals surface area contributed by atoms with Gasteiger partial charge >= 0.3 is 0 Å². The molecule has 1 fully saturated rings. The normalized spacial score (nSPS) is 18.7. The zero-order valence-corrected chi connectivity index (χ0v) is 15.8. The van der Waals surface area contributed by atoms with Crippen LogP contribution in [0.2, 0.25) is 4.34 Å². The third kappa shape index (κ3) is 4.92. The molecule has 5 nitrogen and oxygen atoms in total. The van der Waals surface area contributed by atoms with Crippen LogP contribution in [0.25, 0.3) is 0 Å². The lowest BCUT2D eigenvalue weighted by molar-refractivity contribution is -0.122. The quantitative estimate of drug-likeness (QED) is 0.827. The van der Waals surface area contributed by atoms with Gasteiger partial charge in [-0.2, -0.15) is 4.31 Å². The van der Waals surface area contributed by atoms with Crippen LogP contribution in [0.15, 0.2) is 16.3 Å².